The minimum Gasteiger partial charge on any atom is -0.407 e. The Morgan fingerprint density at radius 3 is 2.19 bits per heavy atom. The Hall–Kier alpha value is -1.89. The second-order valence-electron chi connectivity index (χ2n) is 7.56. The molecule has 0 fully saturated rings. The zero-order valence-corrected chi connectivity index (χ0v) is 17.2. The number of carbonyl (C=O) groups excluding carboxylic acids is 1. The van der Waals surface area contributed by atoms with E-state index < -0.39 is 38.3 Å². The highest BCUT2D eigenvalue weighted by Crippen LogP contribution is 2.37. The third-order valence-corrected chi connectivity index (χ3v) is 5.01. The molecule has 6 heteroatoms. The van der Waals surface area contributed by atoms with Crippen LogP contribution in [0.15, 0.2) is 54.6 Å². The molecule has 2 rings (SSSR count). The quantitative estimate of drug-likeness (QED) is 0.548. The molecule has 2 aromatic rings. The third kappa shape index (κ3) is 6.06. The van der Waals surface area contributed by atoms with Crippen LogP contribution in [0.5, 0.6) is 0 Å². The van der Waals surface area contributed by atoms with Gasteiger partial charge in [0.2, 0.25) is 5.67 Å². The maximum absolute atomic E-state index is 15.9. The summed E-state index contributed by atoms with van der Waals surface area (Å²) < 4.78 is 40.8. The summed E-state index contributed by atoms with van der Waals surface area (Å²) in [6.45, 7) is 6.67. The summed E-state index contributed by atoms with van der Waals surface area (Å²) in [5.41, 5.74) is -1.07. The Kier molecular flexibility index (Phi) is 7.03. The van der Waals surface area contributed by atoms with Gasteiger partial charge in [0, 0.05) is 0 Å². The van der Waals surface area contributed by atoms with Crippen LogP contribution in [-0.4, -0.2) is 26.4 Å². The summed E-state index contributed by atoms with van der Waals surface area (Å²) >= 11 is 0. The molecule has 146 valence electrons. The molecule has 0 aliphatic heterocycles. The summed E-state index contributed by atoms with van der Waals surface area (Å²) in [5, 5.41) is 0. The van der Waals surface area contributed by atoms with Gasteiger partial charge in [0.15, 0.2) is 14.1 Å². The molecule has 2 aromatic carbocycles. The second-order valence-corrected chi connectivity index (χ2v) is 12.0. The Balaban J connectivity index is 2.27. The first-order chi connectivity index (χ1) is 12.6. The van der Waals surface area contributed by atoms with Gasteiger partial charge in [-0.05, 0) is 49.8 Å². The molecule has 2 atom stereocenters. The topological polar surface area (TPSA) is 35.5 Å². The van der Waals surface area contributed by atoms with Gasteiger partial charge in [-0.2, -0.15) is 0 Å². The molecular weight excluding hydrogens is 366 g/mol. The van der Waals surface area contributed by atoms with Crippen molar-refractivity contribution in [1.29, 1.82) is 0 Å². The number of ketones is 1. The smallest absolute Gasteiger partial charge is 0.220 e. The van der Waals surface area contributed by atoms with Crippen LogP contribution in [0.2, 0.25) is 19.6 Å². The van der Waals surface area contributed by atoms with E-state index in [-0.39, 0.29) is 6.61 Å². The largest absolute Gasteiger partial charge is 0.407 e. The lowest BCUT2D eigenvalue weighted by Crippen LogP contribution is -2.47. The summed E-state index contributed by atoms with van der Waals surface area (Å²) in [4.78, 5) is 12.3. The highest BCUT2D eigenvalue weighted by Gasteiger charge is 2.47. The Morgan fingerprint density at radius 2 is 1.67 bits per heavy atom. The van der Waals surface area contributed by atoms with Gasteiger partial charge in [0.25, 0.3) is 0 Å². The number of ether oxygens (including phenoxy) is 1. The fourth-order valence-corrected chi connectivity index (χ4v) is 3.70. The number of halogens is 2. The van der Waals surface area contributed by atoms with Crippen LogP contribution in [0.25, 0.3) is 0 Å². The average Bonchev–Trinajstić information content (AvgIpc) is 2.60. The van der Waals surface area contributed by atoms with Gasteiger partial charge in [-0.25, -0.2) is 8.78 Å². The van der Waals surface area contributed by atoms with E-state index in [4.69, 9.17) is 9.16 Å². The summed E-state index contributed by atoms with van der Waals surface area (Å²) in [6.07, 6.45) is -1.15. The van der Waals surface area contributed by atoms with Crippen LogP contribution in [0.1, 0.15) is 24.2 Å². The Morgan fingerprint density at radius 1 is 1.07 bits per heavy atom. The van der Waals surface area contributed by atoms with Crippen LogP contribution in [0.4, 0.5) is 8.78 Å². The lowest BCUT2D eigenvalue weighted by molar-refractivity contribution is -0.143. The van der Waals surface area contributed by atoms with Gasteiger partial charge in [-0.1, -0.05) is 42.5 Å². The van der Waals surface area contributed by atoms with Crippen molar-refractivity contribution >= 4 is 14.1 Å². The van der Waals surface area contributed by atoms with Gasteiger partial charge in [0.05, 0.1) is 13.2 Å². The van der Waals surface area contributed by atoms with Crippen molar-refractivity contribution < 1.29 is 22.7 Å². The van der Waals surface area contributed by atoms with E-state index in [0.29, 0.717) is 5.56 Å². The summed E-state index contributed by atoms with van der Waals surface area (Å²) in [7, 11) is -2.22. The first-order valence-electron chi connectivity index (χ1n) is 8.87. The molecule has 27 heavy (non-hydrogen) atoms. The van der Waals surface area contributed by atoms with E-state index >= 15 is 4.39 Å². The molecule has 0 aliphatic carbocycles. The van der Waals surface area contributed by atoms with Gasteiger partial charge in [-0.3, -0.25) is 4.79 Å². The lowest BCUT2D eigenvalue weighted by atomic mass is 9.90. The van der Waals surface area contributed by atoms with Gasteiger partial charge in [-0.15, -0.1) is 0 Å². The van der Waals surface area contributed by atoms with E-state index in [1.165, 1.54) is 31.2 Å². The first-order valence-corrected chi connectivity index (χ1v) is 12.3. The van der Waals surface area contributed by atoms with Crippen LogP contribution >= 0.6 is 0 Å². The number of hydrogen-bond acceptors (Lipinski definition) is 3. The number of benzene rings is 2. The maximum Gasteiger partial charge on any atom is 0.220 e. The zero-order chi connectivity index (χ0) is 20.1. The normalized spacial score (nSPS) is 15.2. The number of hydrogen-bond donors (Lipinski definition) is 0. The SMILES string of the molecule is CC(=O)C(F)(COCc1ccccc1)C(O[Si](C)(C)C)c1ccc(F)cc1. The highest BCUT2D eigenvalue weighted by molar-refractivity contribution is 6.69. The van der Waals surface area contributed by atoms with Crippen molar-refractivity contribution in [2.75, 3.05) is 6.61 Å². The number of Topliss-reactive ketones (excluding diaryl/α,β-unsaturated/α-hetero) is 1. The molecule has 0 heterocycles. The summed E-state index contributed by atoms with van der Waals surface area (Å²) in [6, 6.07) is 14.7. The maximum atomic E-state index is 15.9. The van der Waals surface area contributed by atoms with E-state index in [2.05, 4.69) is 0 Å². The van der Waals surface area contributed by atoms with E-state index in [1.54, 1.807) is 0 Å². The molecule has 0 saturated carbocycles. The monoisotopic (exact) mass is 392 g/mol. The molecule has 0 aliphatic rings. The molecule has 2 unspecified atom stereocenters. The van der Waals surface area contributed by atoms with E-state index in [0.717, 1.165) is 5.56 Å². The minimum absolute atomic E-state index is 0.183. The Labute approximate surface area is 160 Å². The van der Waals surface area contributed by atoms with Gasteiger partial charge >= 0.3 is 0 Å². The van der Waals surface area contributed by atoms with Crippen molar-refractivity contribution in [2.24, 2.45) is 0 Å². The molecule has 0 amide bonds. The van der Waals surface area contributed by atoms with Gasteiger partial charge in [0.1, 0.15) is 11.9 Å². The predicted molar refractivity (Wildman–Crippen MR) is 104 cm³/mol. The standard InChI is InChI=1S/C21H26F2O3Si/c1-16(24)21(23,15-25-14-17-8-6-5-7-9-17)20(26-27(2,3)4)18-10-12-19(22)13-11-18/h5-13,20H,14-15H2,1-4H3. The van der Waals surface area contributed by atoms with Crippen molar-refractivity contribution in [3.05, 3.63) is 71.5 Å². The van der Waals surface area contributed by atoms with Crippen molar-refractivity contribution in [1.82, 2.24) is 0 Å². The van der Waals surface area contributed by atoms with Crippen LogP contribution in [0.3, 0.4) is 0 Å². The second kappa shape index (κ2) is 8.86. The lowest BCUT2D eigenvalue weighted by Gasteiger charge is -2.36. The molecular formula is C21H26F2O3Si. The number of rotatable bonds is 9. The minimum atomic E-state index is -2.37. The third-order valence-electron chi connectivity index (χ3n) is 4.07. The fourth-order valence-electron chi connectivity index (χ4n) is 2.67. The van der Waals surface area contributed by atoms with Crippen molar-refractivity contribution in [2.45, 2.75) is 44.9 Å². The van der Waals surface area contributed by atoms with Crippen molar-refractivity contribution in [3.63, 3.8) is 0 Å². The number of alkyl halides is 1. The van der Waals surface area contributed by atoms with Crippen LogP contribution in [0, 0.1) is 5.82 Å². The Bertz CT molecular complexity index is 744. The zero-order valence-electron chi connectivity index (χ0n) is 16.2. The average molecular weight is 393 g/mol. The predicted octanol–water partition coefficient (Wildman–Crippen LogP) is 5.23. The molecule has 0 spiro atoms. The van der Waals surface area contributed by atoms with Crippen LogP contribution in [-0.2, 0) is 20.6 Å². The van der Waals surface area contributed by atoms with E-state index in [9.17, 15) is 9.18 Å². The molecule has 0 bridgehead atoms. The molecule has 0 N–H and O–H groups in total. The molecule has 0 saturated heterocycles. The molecule has 0 aromatic heterocycles. The fraction of sp³-hybridized carbons (Fsp3) is 0.381. The van der Waals surface area contributed by atoms with Gasteiger partial charge < -0.3 is 9.16 Å². The summed E-state index contributed by atoms with van der Waals surface area (Å²) in [5.74, 6) is -1.11. The molecule has 0 radical (unpaired) electrons. The van der Waals surface area contributed by atoms with E-state index in [1.807, 2.05) is 50.0 Å². The number of carbonyl (C=O) groups is 1. The van der Waals surface area contributed by atoms with Crippen LogP contribution < -0.4 is 0 Å². The first kappa shape index (κ1) is 21.4. The van der Waals surface area contributed by atoms with Crippen molar-refractivity contribution in [3.8, 4) is 0 Å². The molecule has 3 nitrogen and oxygen atoms in total. The highest BCUT2D eigenvalue weighted by atomic mass is 28.4.